The fourth-order valence-electron chi connectivity index (χ4n) is 6.52. The number of hydrogen-bond donors (Lipinski definition) is 0. The quantitative estimate of drug-likeness (QED) is 0.104. The molecule has 2 aliphatic rings. The van der Waals surface area contributed by atoms with E-state index in [9.17, 15) is 19.2 Å². The average Bonchev–Trinajstić information content (AvgIpc) is 2.95. The molecule has 0 spiro atoms. The summed E-state index contributed by atoms with van der Waals surface area (Å²) in [5.74, 6) is -2.49. The van der Waals surface area contributed by atoms with Crippen LogP contribution in [-0.4, -0.2) is 46.5 Å². The smallest absolute Gasteiger partial charge is 0.262 e. The van der Waals surface area contributed by atoms with Crippen LogP contribution in [0.2, 0.25) is 35.2 Å². The number of amides is 4. The summed E-state index contributed by atoms with van der Waals surface area (Å²) < 4.78 is 0. The van der Waals surface area contributed by atoms with Gasteiger partial charge in [0.05, 0.1) is 57.4 Å². The summed E-state index contributed by atoms with van der Waals surface area (Å²) in [6, 6.07) is 0. The Hall–Kier alpha value is -2.29. The summed E-state index contributed by atoms with van der Waals surface area (Å²) >= 11 is 48.4. The van der Waals surface area contributed by atoms with E-state index in [1.807, 2.05) is 0 Å². The normalized spacial score (nSPS) is 15.2. The Morgan fingerprint density at radius 3 is 1.02 bits per heavy atom. The van der Waals surface area contributed by atoms with Crippen molar-refractivity contribution in [1.29, 1.82) is 0 Å². The van der Waals surface area contributed by atoms with Gasteiger partial charge in [0.15, 0.2) is 0 Å². The molecule has 0 radical (unpaired) electrons. The zero-order chi connectivity index (χ0) is 30.4. The van der Waals surface area contributed by atoms with Gasteiger partial charge >= 0.3 is 0 Å². The van der Waals surface area contributed by atoms with Crippen molar-refractivity contribution in [1.82, 2.24) is 9.80 Å². The summed E-state index contributed by atoms with van der Waals surface area (Å²) in [6.07, 6.45) is 0. The van der Waals surface area contributed by atoms with Crippen LogP contribution in [-0.2, 0) is 0 Å². The lowest BCUT2D eigenvalue weighted by Gasteiger charge is -2.33. The van der Waals surface area contributed by atoms with Gasteiger partial charge in [-0.25, -0.2) is 0 Å². The Kier molecular flexibility index (Phi) is 6.18. The predicted octanol–water partition coefficient (Wildman–Crippen LogP) is 9.85. The molecule has 0 unspecified atom stereocenters. The number of benzene rings is 5. The van der Waals surface area contributed by atoms with Crippen molar-refractivity contribution in [3.05, 3.63) is 63.0 Å². The van der Waals surface area contributed by atoms with Gasteiger partial charge in [-0.3, -0.25) is 29.0 Å². The number of imide groups is 2. The van der Waals surface area contributed by atoms with Gasteiger partial charge in [0.25, 0.3) is 23.6 Å². The summed E-state index contributed by atoms with van der Waals surface area (Å²) in [5.41, 5.74) is 0.525. The molecule has 0 atom stereocenters. The molecule has 0 aromatic heterocycles. The van der Waals surface area contributed by atoms with Gasteiger partial charge in [-0.2, -0.15) is 0 Å². The van der Waals surface area contributed by atoms with Crippen molar-refractivity contribution in [3.63, 3.8) is 0 Å². The largest absolute Gasteiger partial charge is 0.275 e. The number of carbonyl (C=O) groups excluding carboxylic acids is 4. The fraction of sp³-hybridized carbons (Fsp3) is 0.172. The zero-order valence-corrected chi connectivity index (χ0v) is 26.9. The second-order valence-corrected chi connectivity index (χ2v) is 12.7. The predicted molar refractivity (Wildman–Crippen MR) is 170 cm³/mol. The van der Waals surface area contributed by atoms with Crippen LogP contribution >= 0.6 is 81.2 Å². The van der Waals surface area contributed by atoms with Crippen LogP contribution in [0.15, 0.2) is 0 Å². The Morgan fingerprint density at radius 2 is 0.690 bits per heavy atom. The molecule has 212 valence electrons. The molecule has 5 aromatic carbocycles. The van der Waals surface area contributed by atoms with Crippen LogP contribution in [0.4, 0.5) is 0 Å². The van der Waals surface area contributed by atoms with E-state index >= 15 is 0 Å². The van der Waals surface area contributed by atoms with E-state index < -0.39 is 23.6 Å². The van der Waals surface area contributed by atoms with E-state index in [0.717, 1.165) is 9.80 Å². The van der Waals surface area contributed by atoms with E-state index in [1.54, 1.807) is 20.8 Å². The summed E-state index contributed by atoms with van der Waals surface area (Å²) in [7, 11) is 0. The summed E-state index contributed by atoms with van der Waals surface area (Å²) in [4.78, 5) is 56.6. The van der Waals surface area contributed by atoms with Crippen LogP contribution in [0.3, 0.4) is 0 Å². The van der Waals surface area contributed by atoms with Crippen molar-refractivity contribution < 1.29 is 19.2 Å². The number of fused-ring (bicyclic) bond motifs is 2. The Bertz CT molecular complexity index is 1940. The first-order valence-electron chi connectivity index (χ1n) is 12.6. The molecular formula is C29H13Cl7N2O4. The molecule has 0 N–H and O–H groups in total. The maximum atomic E-state index is 13.7. The van der Waals surface area contributed by atoms with Crippen molar-refractivity contribution in [2.75, 3.05) is 13.1 Å². The van der Waals surface area contributed by atoms with Gasteiger partial charge in [0.1, 0.15) is 0 Å². The minimum atomic E-state index is -0.656. The number of rotatable bonds is 2. The molecule has 7 rings (SSSR count). The van der Waals surface area contributed by atoms with Crippen LogP contribution < -0.4 is 0 Å². The molecule has 2 aliphatic heterocycles. The number of halogens is 7. The summed E-state index contributed by atoms with van der Waals surface area (Å²) in [6.45, 7) is 5.07. The minimum Gasteiger partial charge on any atom is -0.275 e. The first-order chi connectivity index (χ1) is 19.8. The highest BCUT2D eigenvalue weighted by molar-refractivity contribution is 6.62. The van der Waals surface area contributed by atoms with Gasteiger partial charge in [0.2, 0.25) is 0 Å². The monoisotopic (exact) mass is 698 g/mol. The lowest BCUT2D eigenvalue weighted by atomic mass is 9.80. The van der Waals surface area contributed by atoms with E-state index in [2.05, 4.69) is 0 Å². The first kappa shape index (κ1) is 28.5. The van der Waals surface area contributed by atoms with Crippen molar-refractivity contribution in [3.8, 4) is 0 Å². The molecule has 0 fully saturated rings. The Morgan fingerprint density at radius 1 is 0.405 bits per heavy atom. The van der Waals surface area contributed by atoms with Crippen LogP contribution in [0, 0.1) is 6.92 Å². The van der Waals surface area contributed by atoms with Gasteiger partial charge in [-0.15, -0.1) is 0 Å². The average molecular weight is 702 g/mol. The summed E-state index contributed by atoms with van der Waals surface area (Å²) in [5, 5.41) is 1.60. The van der Waals surface area contributed by atoms with Gasteiger partial charge in [0, 0.05) is 56.2 Å². The van der Waals surface area contributed by atoms with Crippen LogP contribution in [0.1, 0.15) is 60.8 Å². The van der Waals surface area contributed by atoms with E-state index in [0.29, 0.717) is 16.3 Å². The molecule has 0 aliphatic carbocycles. The van der Waals surface area contributed by atoms with Crippen molar-refractivity contribution >= 4 is 148 Å². The number of hydrogen-bond acceptors (Lipinski definition) is 4. The molecule has 42 heavy (non-hydrogen) atoms. The first-order valence-corrected chi connectivity index (χ1v) is 15.2. The molecule has 13 heteroatoms. The second-order valence-electron chi connectivity index (χ2n) is 10.0. The van der Waals surface area contributed by atoms with Gasteiger partial charge in [-0.1, -0.05) is 81.2 Å². The molecule has 0 bridgehead atoms. The molecule has 0 saturated carbocycles. The molecular weight excluding hydrogens is 688 g/mol. The van der Waals surface area contributed by atoms with Crippen LogP contribution in [0.5, 0.6) is 0 Å². The minimum absolute atomic E-state index is 0.0234. The van der Waals surface area contributed by atoms with Crippen LogP contribution in [0.25, 0.3) is 43.1 Å². The van der Waals surface area contributed by atoms with Crippen molar-refractivity contribution in [2.45, 2.75) is 20.8 Å². The highest BCUT2D eigenvalue weighted by atomic mass is 35.5. The second kappa shape index (κ2) is 9.12. The standard InChI is InChI=1S/C29H13Cl7N2O4/c1-4-37-26(39)7-6(3)19(30)12-9-8(7)16(27(37)40)23(34)21(32)14(9)15-10-11-17(24(35)20(31)13(10)12)28(41)38(5-2)29(42)18(11)25(36)22(15)33/h4-5H2,1-3H3. The maximum Gasteiger partial charge on any atom is 0.262 e. The number of carbonyl (C=O) groups is 4. The third kappa shape index (κ3) is 3.02. The lowest BCUT2D eigenvalue weighted by molar-refractivity contribution is 0.0603. The zero-order valence-electron chi connectivity index (χ0n) is 21.6. The van der Waals surface area contributed by atoms with Gasteiger partial charge in [-0.05, 0) is 26.3 Å². The Balaban J connectivity index is 1.93. The highest BCUT2D eigenvalue weighted by Gasteiger charge is 2.43. The SMILES string of the molecule is CCN1C(=O)c2c(C)c(Cl)c3c4c(Cl)c(Cl)c5c6c(c(Cl)c(Cl)c(c7c(Cl)c(Cl)c(c2c37)C1=O)c64)C(=O)N(CC)C5=O. The topological polar surface area (TPSA) is 74.8 Å². The molecule has 0 saturated heterocycles. The third-order valence-corrected chi connectivity index (χ3v) is 11.3. The Labute approximate surface area is 272 Å². The van der Waals surface area contributed by atoms with E-state index in [1.165, 1.54) is 0 Å². The molecule has 4 amide bonds. The lowest BCUT2D eigenvalue weighted by Crippen LogP contribution is -2.41. The van der Waals surface area contributed by atoms with Gasteiger partial charge < -0.3 is 0 Å². The fourth-order valence-corrected chi connectivity index (χ4v) is 8.46. The third-order valence-electron chi connectivity index (χ3n) is 8.29. The highest BCUT2D eigenvalue weighted by Crippen LogP contribution is 2.58. The molecule has 6 nitrogen and oxygen atoms in total. The van der Waals surface area contributed by atoms with E-state index in [-0.39, 0.29) is 103 Å². The molecule has 5 aromatic rings. The van der Waals surface area contributed by atoms with Crippen molar-refractivity contribution in [2.24, 2.45) is 0 Å². The number of nitrogens with zero attached hydrogens (tertiary/aromatic N) is 2. The molecule has 2 heterocycles. The van der Waals surface area contributed by atoms with E-state index in [4.69, 9.17) is 81.2 Å². The maximum absolute atomic E-state index is 13.7.